The zero-order chi connectivity index (χ0) is 46.1. The Balaban J connectivity index is 0.00000492. The third-order valence-electron chi connectivity index (χ3n) is 13.5. The largest absolute Gasteiger partial charge is 2.00 e. The summed E-state index contributed by atoms with van der Waals surface area (Å²) in [4.78, 5) is 4.77. The molecule has 334 valence electrons. The predicted octanol–water partition coefficient (Wildman–Crippen LogP) is 16.0. The molecule has 1 aliphatic rings. The minimum Gasteiger partial charge on any atom is -0.509 e. The maximum atomic E-state index is 7.03. The van der Waals surface area contributed by atoms with Crippen molar-refractivity contribution in [3.8, 4) is 45.3 Å². The van der Waals surface area contributed by atoms with Crippen LogP contribution in [0.2, 0.25) is 0 Å². The molecule has 4 heterocycles. The molecule has 71 heavy (non-hydrogen) atoms. The van der Waals surface area contributed by atoms with Crippen molar-refractivity contribution < 1.29 is 25.8 Å². The van der Waals surface area contributed by atoms with Crippen molar-refractivity contribution in [1.29, 1.82) is 0 Å². The average molecular weight is 1090 g/mol. The van der Waals surface area contributed by atoms with Gasteiger partial charge in [-0.1, -0.05) is 174 Å². The smallest absolute Gasteiger partial charge is 0.509 e. The van der Waals surface area contributed by atoms with Gasteiger partial charge in [0.15, 0.2) is 0 Å². The van der Waals surface area contributed by atoms with E-state index in [0.717, 1.165) is 100 Å². The van der Waals surface area contributed by atoms with Crippen LogP contribution in [0.3, 0.4) is 0 Å². The molecule has 6 nitrogen and oxygen atoms in total. The summed E-state index contributed by atoms with van der Waals surface area (Å²) >= 11 is 0. The molecular weight excluding hydrogens is 1050 g/mol. The fourth-order valence-electron chi connectivity index (χ4n) is 10.5. The van der Waals surface area contributed by atoms with Gasteiger partial charge in [-0.05, 0) is 81.1 Å². The SMILES string of the molecule is C1=[N+](c2[c-]c(Oc3[c-]c4c(cc3)c3ccccc3n4-c3ccccn3)cc(-n3c4ccccc4c4ccccc43)c2)c2ccc3ccccc3c2[N+]=1c1c(-c2ccccc2)cccc1-c1ccccc1.[Pt+2]. The first-order valence-corrected chi connectivity index (χ1v) is 23.5. The van der Waals surface area contributed by atoms with E-state index in [0.29, 0.717) is 11.5 Å². The van der Waals surface area contributed by atoms with E-state index in [2.05, 4.69) is 243 Å². The van der Waals surface area contributed by atoms with Gasteiger partial charge in [0.1, 0.15) is 11.5 Å². The fraction of sp³-hybridized carbons (Fsp3) is 0. The van der Waals surface area contributed by atoms with Crippen molar-refractivity contribution in [2.75, 3.05) is 0 Å². The summed E-state index contributed by atoms with van der Waals surface area (Å²) in [5, 5.41) is 6.77. The van der Waals surface area contributed by atoms with Gasteiger partial charge in [0.2, 0.25) is 5.69 Å². The van der Waals surface area contributed by atoms with Gasteiger partial charge in [0.05, 0.1) is 27.5 Å². The van der Waals surface area contributed by atoms with Crippen LogP contribution in [0.4, 0.5) is 22.7 Å². The molecule has 0 N–H and O–H groups in total. The molecule has 0 saturated carbocycles. The van der Waals surface area contributed by atoms with E-state index in [4.69, 9.17) is 9.72 Å². The van der Waals surface area contributed by atoms with Crippen molar-refractivity contribution >= 4 is 83.1 Å². The van der Waals surface area contributed by atoms with Crippen LogP contribution in [0.1, 0.15) is 0 Å². The Morgan fingerprint density at radius 2 is 1.03 bits per heavy atom. The second-order valence-corrected chi connectivity index (χ2v) is 17.5. The number of hydrogen-bond donors (Lipinski definition) is 0. The first-order chi connectivity index (χ1) is 34.7. The monoisotopic (exact) mass is 1090 g/mol. The van der Waals surface area contributed by atoms with Gasteiger partial charge < -0.3 is 13.9 Å². The number of ether oxygens (including phenoxy) is 1. The molecule has 13 aromatic rings. The van der Waals surface area contributed by atoms with Gasteiger partial charge in [0, 0.05) is 40.1 Å². The molecule has 0 radical (unpaired) electrons. The molecule has 0 saturated heterocycles. The first kappa shape index (κ1) is 42.2. The number of para-hydroxylation sites is 4. The second-order valence-electron chi connectivity index (χ2n) is 17.5. The molecule has 7 heteroatoms. The normalized spacial score (nSPS) is 12.1. The number of rotatable bonds is 8. The van der Waals surface area contributed by atoms with Crippen LogP contribution in [-0.4, -0.2) is 20.1 Å². The third kappa shape index (κ3) is 6.95. The molecule has 0 aliphatic carbocycles. The third-order valence-corrected chi connectivity index (χ3v) is 13.5. The van der Waals surface area contributed by atoms with Crippen molar-refractivity contribution in [3.63, 3.8) is 0 Å². The van der Waals surface area contributed by atoms with Crippen LogP contribution in [0.25, 0.3) is 88.1 Å². The van der Waals surface area contributed by atoms with Crippen LogP contribution in [-0.2, 0) is 21.1 Å². The molecule has 0 amide bonds. The molecule has 0 atom stereocenters. The van der Waals surface area contributed by atoms with Crippen LogP contribution in [0, 0.1) is 12.1 Å². The van der Waals surface area contributed by atoms with E-state index in [9.17, 15) is 0 Å². The topological polar surface area (TPSA) is 38.0 Å². The zero-order valence-electron chi connectivity index (χ0n) is 38.0. The summed E-state index contributed by atoms with van der Waals surface area (Å²) in [6.07, 6.45) is 1.82. The van der Waals surface area contributed by atoms with E-state index in [1.54, 1.807) is 0 Å². The van der Waals surface area contributed by atoms with E-state index in [-0.39, 0.29) is 21.1 Å². The predicted molar refractivity (Wildman–Crippen MR) is 286 cm³/mol. The summed E-state index contributed by atoms with van der Waals surface area (Å²) in [7, 11) is 0. The second kappa shape index (κ2) is 17.2. The number of nitrogens with zero attached hydrogens (tertiary/aromatic N) is 5. The summed E-state index contributed by atoms with van der Waals surface area (Å²) < 4.78 is 15.9. The van der Waals surface area contributed by atoms with E-state index in [1.165, 1.54) is 10.8 Å². The standard InChI is InChI=1S/C64H39N5O.Pt/c1-3-18-43(19-4-1)50-27-17-28-51(44-20-5-2-6-21-44)63(50)67-42-66(60-36-33-45-22-7-8-23-52(45)64(60)67)46-38-47(68-57-29-12-9-24-53(57)54-25-10-13-30-58(54)68)40-49(39-46)70-48-34-35-56-55-26-11-14-31-59(55)69(61(56)41-48)62-32-15-16-37-65-62;/h1-38,40H;/q;+2. The van der Waals surface area contributed by atoms with Gasteiger partial charge in [0.25, 0.3) is 5.69 Å². The molecule has 1 aliphatic heterocycles. The summed E-state index contributed by atoms with van der Waals surface area (Å²) in [6.45, 7) is 0. The Morgan fingerprint density at radius 3 is 1.69 bits per heavy atom. The Bertz CT molecular complexity index is 4190. The summed E-state index contributed by atoms with van der Waals surface area (Å²) in [5.41, 5.74) is 13.2. The molecular formula is C64H39N5OPt+2. The molecule has 3 aromatic heterocycles. The quantitative estimate of drug-likeness (QED) is 0.112. The molecule has 0 fully saturated rings. The Labute approximate surface area is 423 Å². The Morgan fingerprint density at radius 1 is 0.437 bits per heavy atom. The maximum absolute atomic E-state index is 7.03. The van der Waals surface area contributed by atoms with Crippen LogP contribution >= 0.6 is 0 Å². The van der Waals surface area contributed by atoms with Crippen LogP contribution in [0.15, 0.2) is 237 Å². The summed E-state index contributed by atoms with van der Waals surface area (Å²) in [5.74, 6) is 1.90. The fourth-order valence-corrected chi connectivity index (χ4v) is 10.5. The van der Waals surface area contributed by atoms with E-state index >= 15 is 0 Å². The molecule has 0 bridgehead atoms. The number of fused-ring (bicyclic) bond motifs is 9. The van der Waals surface area contributed by atoms with Crippen LogP contribution < -0.4 is 13.9 Å². The minimum atomic E-state index is 0. The number of hydrogen-bond acceptors (Lipinski definition) is 2. The van der Waals surface area contributed by atoms with Crippen molar-refractivity contribution in [3.05, 3.63) is 249 Å². The van der Waals surface area contributed by atoms with Crippen molar-refractivity contribution in [2.45, 2.75) is 0 Å². The number of aromatic nitrogens is 3. The van der Waals surface area contributed by atoms with Gasteiger partial charge in [-0.15, -0.1) is 23.6 Å². The number of benzene rings is 10. The van der Waals surface area contributed by atoms with Gasteiger partial charge >= 0.3 is 32.8 Å². The average Bonchev–Trinajstić information content (AvgIpc) is 4.09. The zero-order valence-corrected chi connectivity index (χ0v) is 40.2. The molecule has 10 aromatic carbocycles. The summed E-state index contributed by atoms with van der Waals surface area (Å²) in [6, 6.07) is 92.3. The Hall–Kier alpha value is -8.92. The molecule has 14 rings (SSSR count). The van der Waals surface area contributed by atoms with E-state index in [1.807, 2.05) is 30.5 Å². The van der Waals surface area contributed by atoms with Crippen molar-refractivity contribution in [1.82, 2.24) is 23.3 Å². The molecule has 0 spiro atoms. The maximum Gasteiger partial charge on any atom is 2.00 e. The van der Waals surface area contributed by atoms with Gasteiger partial charge in [-0.3, -0.25) is 0 Å². The van der Waals surface area contributed by atoms with Gasteiger partial charge in [-0.25, -0.2) is 4.98 Å². The number of pyridine rings is 1. The van der Waals surface area contributed by atoms with Gasteiger partial charge in [-0.2, -0.15) is 6.07 Å². The van der Waals surface area contributed by atoms with Crippen LogP contribution in [0.5, 0.6) is 11.5 Å². The Kier molecular flexibility index (Phi) is 10.2. The van der Waals surface area contributed by atoms with E-state index < -0.39 is 0 Å². The van der Waals surface area contributed by atoms with Crippen molar-refractivity contribution in [2.24, 2.45) is 0 Å². The first-order valence-electron chi connectivity index (χ1n) is 23.5. The minimum absolute atomic E-state index is 0. The molecule has 0 unspecified atom stereocenters.